The van der Waals surface area contributed by atoms with Crippen molar-refractivity contribution >= 4 is 22.6 Å². The Morgan fingerprint density at radius 1 is 1.12 bits per heavy atom. The van der Waals surface area contributed by atoms with E-state index >= 15 is 0 Å². The molecule has 0 saturated heterocycles. The number of aliphatic hydroxyl groups is 1. The first kappa shape index (κ1) is 16.2. The largest absolute Gasteiger partial charge is 0.426 e. The quantitative estimate of drug-likeness (QED) is 0.471. The van der Waals surface area contributed by atoms with Gasteiger partial charge in [0, 0.05) is 0 Å². The minimum absolute atomic E-state index is 0.0757. The van der Waals surface area contributed by atoms with Crippen LogP contribution in [0, 0.1) is 0 Å². The molecule has 0 amide bonds. The first-order valence-electron chi connectivity index (χ1n) is 3.98. The first-order chi connectivity index (χ1) is 6.95. The number of hydrogen-bond acceptors (Lipinski definition) is 2. The average molecular weight is 366 g/mol. The zero-order valence-corrected chi connectivity index (χ0v) is 10.2. The van der Waals surface area contributed by atoms with E-state index < -0.39 is 35.1 Å². The van der Waals surface area contributed by atoms with Crippen molar-refractivity contribution in [1.82, 2.24) is 0 Å². The van der Waals surface area contributed by atoms with Crippen molar-refractivity contribution in [2.24, 2.45) is 0 Å². The molecule has 0 aromatic heterocycles. The molecule has 98 valence electrons. The van der Waals surface area contributed by atoms with Gasteiger partial charge in [0.1, 0.15) is 0 Å². The number of rotatable bonds is 4. The summed E-state index contributed by atoms with van der Waals surface area (Å²) in [5.74, 6) is 0. The Bertz CT molecular complexity index is 212. The summed E-state index contributed by atoms with van der Waals surface area (Å²) in [6.07, 6.45) is -11.1. The average Bonchev–Trinajstić information content (AvgIpc) is 2.09. The zero-order valence-electron chi connectivity index (χ0n) is 7.99. The Balaban J connectivity index is 4.85. The van der Waals surface area contributed by atoms with E-state index in [9.17, 15) is 26.3 Å². The number of ether oxygens (including phenoxy) is 1. The van der Waals surface area contributed by atoms with Crippen molar-refractivity contribution < 1.29 is 36.2 Å². The number of halogens is 7. The topological polar surface area (TPSA) is 29.5 Å². The van der Waals surface area contributed by atoms with Gasteiger partial charge in [0.25, 0.3) is 5.60 Å². The molecule has 1 atom stereocenters. The third-order valence-electron chi connectivity index (χ3n) is 1.83. The van der Waals surface area contributed by atoms with E-state index in [-0.39, 0.29) is 6.92 Å². The standard InChI is InChI=1S/C7H9F6IO2/c1-5(6(8,9)10,7(11,12)13)16-3-4(14)2-15/h4,15H,2-3H2,1H3. The highest BCUT2D eigenvalue weighted by atomic mass is 127. The SMILES string of the molecule is CC(OCC(I)CO)(C(F)(F)F)C(F)(F)F. The monoisotopic (exact) mass is 366 g/mol. The Morgan fingerprint density at radius 2 is 1.50 bits per heavy atom. The van der Waals surface area contributed by atoms with E-state index in [4.69, 9.17) is 5.11 Å². The molecule has 2 nitrogen and oxygen atoms in total. The number of hydrogen-bond donors (Lipinski definition) is 1. The van der Waals surface area contributed by atoms with Gasteiger partial charge in [-0.25, -0.2) is 0 Å². The lowest BCUT2D eigenvalue weighted by Gasteiger charge is -2.34. The summed E-state index contributed by atoms with van der Waals surface area (Å²) in [6.45, 7) is -1.48. The van der Waals surface area contributed by atoms with Crippen molar-refractivity contribution in [3.05, 3.63) is 0 Å². The second-order valence-electron chi connectivity index (χ2n) is 3.12. The van der Waals surface area contributed by atoms with Crippen LogP contribution in [0.3, 0.4) is 0 Å². The van der Waals surface area contributed by atoms with E-state index in [0.717, 1.165) is 0 Å². The van der Waals surface area contributed by atoms with Crippen molar-refractivity contribution in [2.75, 3.05) is 13.2 Å². The zero-order chi connectivity index (χ0) is 13.2. The van der Waals surface area contributed by atoms with Crippen LogP contribution in [0.2, 0.25) is 0 Å². The van der Waals surface area contributed by atoms with Crippen LogP contribution in [0.1, 0.15) is 6.92 Å². The van der Waals surface area contributed by atoms with E-state index in [1.807, 2.05) is 0 Å². The number of alkyl halides is 7. The third kappa shape index (κ3) is 3.62. The lowest BCUT2D eigenvalue weighted by atomic mass is 10.1. The smallest absolute Gasteiger partial charge is 0.395 e. The predicted molar refractivity (Wildman–Crippen MR) is 51.4 cm³/mol. The van der Waals surface area contributed by atoms with Crippen LogP contribution in [0.25, 0.3) is 0 Å². The van der Waals surface area contributed by atoms with Gasteiger partial charge >= 0.3 is 12.4 Å². The molecule has 0 bridgehead atoms. The van der Waals surface area contributed by atoms with Crippen LogP contribution in [-0.2, 0) is 4.74 Å². The summed E-state index contributed by atoms with van der Waals surface area (Å²) >= 11 is 1.49. The molecule has 0 radical (unpaired) electrons. The van der Waals surface area contributed by atoms with Crippen LogP contribution < -0.4 is 0 Å². The molecule has 0 saturated carbocycles. The minimum Gasteiger partial charge on any atom is -0.395 e. The van der Waals surface area contributed by atoms with Crippen LogP contribution in [0.15, 0.2) is 0 Å². The highest BCUT2D eigenvalue weighted by Crippen LogP contribution is 2.45. The second-order valence-corrected chi connectivity index (χ2v) is 4.88. The summed E-state index contributed by atoms with van der Waals surface area (Å²) in [6, 6.07) is 0. The van der Waals surface area contributed by atoms with Gasteiger partial charge in [-0.15, -0.1) is 0 Å². The molecule has 9 heteroatoms. The molecule has 0 heterocycles. The van der Waals surface area contributed by atoms with Gasteiger partial charge in [-0.05, 0) is 6.92 Å². The maximum Gasteiger partial charge on any atom is 0.426 e. The summed E-state index contributed by atoms with van der Waals surface area (Å²) in [5, 5.41) is 8.49. The highest BCUT2D eigenvalue weighted by molar-refractivity contribution is 14.1. The van der Waals surface area contributed by atoms with Crippen molar-refractivity contribution in [3.8, 4) is 0 Å². The van der Waals surface area contributed by atoms with Gasteiger partial charge in [-0.2, -0.15) is 26.3 Å². The van der Waals surface area contributed by atoms with E-state index in [2.05, 4.69) is 4.74 Å². The lowest BCUT2D eigenvalue weighted by molar-refractivity contribution is -0.373. The van der Waals surface area contributed by atoms with Gasteiger partial charge < -0.3 is 9.84 Å². The molecule has 16 heavy (non-hydrogen) atoms. The minimum atomic E-state index is -5.56. The fraction of sp³-hybridized carbons (Fsp3) is 1.00. The molecule has 1 unspecified atom stereocenters. The molecule has 0 aromatic carbocycles. The molecule has 0 aromatic rings. The van der Waals surface area contributed by atoms with Crippen molar-refractivity contribution in [3.63, 3.8) is 0 Å². The predicted octanol–water partition coefficient (Wildman–Crippen LogP) is 2.68. The summed E-state index contributed by atoms with van der Waals surface area (Å²) < 4.78 is 76.5. The molecular formula is C7H9F6IO2. The fourth-order valence-corrected chi connectivity index (χ4v) is 0.814. The highest BCUT2D eigenvalue weighted by Gasteiger charge is 2.69. The van der Waals surface area contributed by atoms with Gasteiger partial charge in [-0.1, -0.05) is 22.6 Å². The normalized spacial score (nSPS) is 16.3. The van der Waals surface area contributed by atoms with Crippen molar-refractivity contribution in [2.45, 2.75) is 28.8 Å². The van der Waals surface area contributed by atoms with Crippen LogP contribution in [0.4, 0.5) is 26.3 Å². The van der Waals surface area contributed by atoms with E-state index in [0.29, 0.717) is 0 Å². The summed E-state index contributed by atoms with van der Waals surface area (Å²) in [7, 11) is 0. The first-order valence-corrected chi connectivity index (χ1v) is 5.22. The molecular weight excluding hydrogens is 357 g/mol. The molecule has 0 aliphatic heterocycles. The Hall–Kier alpha value is 0.230. The Morgan fingerprint density at radius 3 is 1.75 bits per heavy atom. The summed E-state index contributed by atoms with van der Waals surface area (Å²) in [5.41, 5.74) is -4.21. The van der Waals surface area contributed by atoms with Gasteiger partial charge in [-0.3, -0.25) is 0 Å². The molecule has 0 aliphatic carbocycles. The molecule has 0 aliphatic rings. The van der Waals surface area contributed by atoms with Gasteiger partial charge in [0.15, 0.2) is 0 Å². The molecule has 0 fully saturated rings. The van der Waals surface area contributed by atoms with Crippen LogP contribution >= 0.6 is 22.6 Å². The molecule has 1 N–H and O–H groups in total. The van der Waals surface area contributed by atoms with Crippen LogP contribution in [-0.4, -0.2) is 40.2 Å². The maximum absolute atomic E-state index is 12.2. The maximum atomic E-state index is 12.2. The van der Waals surface area contributed by atoms with Gasteiger partial charge in [0.2, 0.25) is 0 Å². The fourth-order valence-electron chi connectivity index (χ4n) is 0.634. The lowest BCUT2D eigenvalue weighted by Crippen LogP contribution is -2.57. The summed E-state index contributed by atoms with van der Waals surface area (Å²) in [4.78, 5) is 0. The van der Waals surface area contributed by atoms with Gasteiger partial charge in [0.05, 0.1) is 17.1 Å². The van der Waals surface area contributed by atoms with E-state index in [1.165, 1.54) is 22.6 Å². The van der Waals surface area contributed by atoms with E-state index in [1.54, 1.807) is 0 Å². The van der Waals surface area contributed by atoms with Crippen LogP contribution in [0.5, 0.6) is 0 Å². The third-order valence-corrected chi connectivity index (χ3v) is 2.59. The Labute approximate surface area is 101 Å². The number of aliphatic hydroxyl groups excluding tert-OH is 1. The Kier molecular flexibility index (Phi) is 5.33. The second kappa shape index (κ2) is 5.25. The molecule has 0 spiro atoms. The van der Waals surface area contributed by atoms with Crippen molar-refractivity contribution in [1.29, 1.82) is 0 Å². The molecule has 0 rings (SSSR count).